The first-order chi connectivity index (χ1) is 8.74. The Kier molecular flexibility index (Phi) is 3.03. The number of carbonyl (C=O) groups is 1. The number of carboxylic acids is 1. The number of fused-ring (bicyclic) bond motifs is 1. The van der Waals surface area contributed by atoms with Crippen LogP contribution in [0.3, 0.4) is 0 Å². The van der Waals surface area contributed by atoms with Crippen molar-refractivity contribution in [3.63, 3.8) is 0 Å². The molecule has 0 spiro atoms. The average Bonchev–Trinajstić information content (AvgIpc) is 2.96. The van der Waals surface area contributed by atoms with E-state index in [1.165, 1.54) is 0 Å². The molecule has 2 atom stereocenters. The fourth-order valence-corrected chi connectivity index (χ4v) is 2.72. The van der Waals surface area contributed by atoms with Gasteiger partial charge in [-0.15, -0.1) is 0 Å². The van der Waals surface area contributed by atoms with Crippen molar-refractivity contribution in [1.82, 2.24) is 14.8 Å². The fourth-order valence-electron chi connectivity index (χ4n) is 2.72. The van der Waals surface area contributed by atoms with Crippen LogP contribution in [0.15, 0.2) is 0 Å². The van der Waals surface area contributed by atoms with Gasteiger partial charge in [0.15, 0.2) is 11.9 Å². The van der Waals surface area contributed by atoms with Gasteiger partial charge in [0.25, 0.3) is 0 Å². The molecular formula is C12H17N3O3. The van der Waals surface area contributed by atoms with Gasteiger partial charge in [-0.2, -0.15) is 5.10 Å². The normalized spacial score (nSPS) is 27.1. The highest BCUT2D eigenvalue weighted by Crippen LogP contribution is 2.24. The first kappa shape index (κ1) is 11.6. The van der Waals surface area contributed by atoms with Crippen LogP contribution in [0.4, 0.5) is 0 Å². The van der Waals surface area contributed by atoms with Gasteiger partial charge in [-0.05, 0) is 25.7 Å². The molecule has 1 aromatic heterocycles. The van der Waals surface area contributed by atoms with Crippen LogP contribution in [0.25, 0.3) is 0 Å². The van der Waals surface area contributed by atoms with Crippen molar-refractivity contribution in [3.05, 3.63) is 11.6 Å². The maximum absolute atomic E-state index is 11.2. The lowest BCUT2D eigenvalue weighted by Gasteiger charge is -2.19. The summed E-state index contributed by atoms with van der Waals surface area (Å²) in [4.78, 5) is 15.6. The van der Waals surface area contributed by atoms with E-state index in [1.807, 2.05) is 0 Å². The molecule has 98 valence electrons. The zero-order valence-electron chi connectivity index (χ0n) is 10.2. The molecule has 18 heavy (non-hydrogen) atoms. The summed E-state index contributed by atoms with van der Waals surface area (Å²) in [5, 5.41) is 13.5. The van der Waals surface area contributed by atoms with E-state index in [2.05, 4.69) is 10.1 Å². The number of hydrogen-bond donors (Lipinski definition) is 1. The number of carboxylic acid groups (broad SMARTS) is 1. The van der Waals surface area contributed by atoms with Crippen molar-refractivity contribution < 1.29 is 14.6 Å². The molecule has 1 aromatic rings. The topological polar surface area (TPSA) is 77.2 Å². The third-order valence-electron chi connectivity index (χ3n) is 3.64. The molecule has 0 aliphatic carbocycles. The molecule has 2 aliphatic heterocycles. The molecule has 2 aliphatic rings. The Balaban J connectivity index is 1.79. The number of aromatic nitrogens is 3. The predicted octanol–water partition coefficient (Wildman–Crippen LogP) is 0.962. The molecule has 3 heterocycles. The van der Waals surface area contributed by atoms with Gasteiger partial charge in [-0.1, -0.05) is 0 Å². The highest BCUT2D eigenvalue weighted by molar-refractivity contribution is 5.71. The first-order valence-corrected chi connectivity index (χ1v) is 6.53. The van der Waals surface area contributed by atoms with Gasteiger partial charge in [-0.3, -0.25) is 0 Å². The van der Waals surface area contributed by atoms with E-state index in [-0.39, 0.29) is 6.10 Å². The molecule has 1 N–H and O–H groups in total. The summed E-state index contributed by atoms with van der Waals surface area (Å²) in [5.41, 5.74) is 0. The average molecular weight is 251 g/mol. The Morgan fingerprint density at radius 1 is 1.44 bits per heavy atom. The Morgan fingerprint density at radius 2 is 2.33 bits per heavy atom. The fraction of sp³-hybridized carbons (Fsp3) is 0.750. The SMILES string of the molecule is O=C(O)C1CCCc2nc(CC3CCCO3)nn21. The monoisotopic (exact) mass is 251 g/mol. The largest absolute Gasteiger partial charge is 0.480 e. The Morgan fingerprint density at radius 3 is 3.06 bits per heavy atom. The number of rotatable bonds is 3. The van der Waals surface area contributed by atoms with Gasteiger partial charge in [0.05, 0.1) is 6.10 Å². The molecular weight excluding hydrogens is 234 g/mol. The molecule has 6 heteroatoms. The lowest BCUT2D eigenvalue weighted by Crippen LogP contribution is -2.26. The van der Waals surface area contributed by atoms with E-state index < -0.39 is 12.0 Å². The van der Waals surface area contributed by atoms with Crippen LogP contribution in [0.1, 0.15) is 43.4 Å². The minimum absolute atomic E-state index is 0.206. The van der Waals surface area contributed by atoms with Crippen molar-refractivity contribution in [3.8, 4) is 0 Å². The van der Waals surface area contributed by atoms with Crippen LogP contribution in [0, 0.1) is 0 Å². The van der Waals surface area contributed by atoms with Crippen molar-refractivity contribution in [2.45, 2.75) is 50.7 Å². The molecule has 2 unspecified atom stereocenters. The summed E-state index contributed by atoms with van der Waals surface area (Å²) >= 11 is 0. The van der Waals surface area contributed by atoms with Crippen LogP contribution in [-0.2, 0) is 22.4 Å². The molecule has 0 saturated carbocycles. The quantitative estimate of drug-likeness (QED) is 0.865. The maximum atomic E-state index is 11.2. The van der Waals surface area contributed by atoms with Crippen molar-refractivity contribution in [2.24, 2.45) is 0 Å². The van der Waals surface area contributed by atoms with Crippen LogP contribution in [-0.4, -0.2) is 38.6 Å². The van der Waals surface area contributed by atoms with Gasteiger partial charge < -0.3 is 9.84 Å². The molecule has 6 nitrogen and oxygen atoms in total. The Hall–Kier alpha value is -1.43. The maximum Gasteiger partial charge on any atom is 0.328 e. The molecule has 0 amide bonds. The number of nitrogens with zero attached hydrogens (tertiary/aromatic N) is 3. The summed E-state index contributed by atoms with van der Waals surface area (Å²) in [5.74, 6) is 0.719. The van der Waals surface area contributed by atoms with Crippen LogP contribution in [0.2, 0.25) is 0 Å². The van der Waals surface area contributed by atoms with Crippen molar-refractivity contribution in [1.29, 1.82) is 0 Å². The number of aliphatic carboxylic acids is 1. The van der Waals surface area contributed by atoms with Crippen LogP contribution < -0.4 is 0 Å². The number of aryl methyl sites for hydroxylation is 1. The van der Waals surface area contributed by atoms with Gasteiger partial charge in [0, 0.05) is 19.4 Å². The van der Waals surface area contributed by atoms with Crippen molar-refractivity contribution in [2.75, 3.05) is 6.61 Å². The number of hydrogen-bond acceptors (Lipinski definition) is 4. The third kappa shape index (κ3) is 2.12. The van der Waals surface area contributed by atoms with Crippen molar-refractivity contribution >= 4 is 5.97 Å². The molecule has 0 bridgehead atoms. The lowest BCUT2D eigenvalue weighted by molar-refractivity contribution is -0.141. The summed E-state index contributed by atoms with van der Waals surface area (Å²) in [6.45, 7) is 0.815. The molecule has 0 radical (unpaired) electrons. The highest BCUT2D eigenvalue weighted by Gasteiger charge is 2.29. The van der Waals surface area contributed by atoms with E-state index in [1.54, 1.807) is 4.68 Å². The van der Waals surface area contributed by atoms with E-state index in [9.17, 15) is 4.79 Å². The van der Waals surface area contributed by atoms with Gasteiger partial charge in [-0.25, -0.2) is 14.5 Å². The summed E-state index contributed by atoms with van der Waals surface area (Å²) < 4.78 is 7.15. The van der Waals surface area contributed by atoms with E-state index >= 15 is 0 Å². The predicted molar refractivity (Wildman–Crippen MR) is 62.3 cm³/mol. The van der Waals surface area contributed by atoms with E-state index in [0.29, 0.717) is 12.8 Å². The van der Waals surface area contributed by atoms with Gasteiger partial charge in [0.2, 0.25) is 0 Å². The standard InChI is InChI=1S/C12H17N3O3/c16-12(17)9-4-1-5-11-13-10(14-15(9)11)7-8-3-2-6-18-8/h8-9H,1-7H2,(H,16,17). The second kappa shape index (κ2) is 4.68. The van der Waals surface area contributed by atoms with Crippen LogP contribution >= 0.6 is 0 Å². The Bertz CT molecular complexity index is 451. The lowest BCUT2D eigenvalue weighted by atomic mass is 10.1. The smallest absolute Gasteiger partial charge is 0.328 e. The second-order valence-corrected chi connectivity index (χ2v) is 4.97. The van der Waals surface area contributed by atoms with E-state index in [4.69, 9.17) is 9.84 Å². The molecule has 3 rings (SSSR count). The third-order valence-corrected chi connectivity index (χ3v) is 3.64. The second-order valence-electron chi connectivity index (χ2n) is 4.97. The molecule has 1 saturated heterocycles. The van der Waals surface area contributed by atoms with E-state index in [0.717, 1.165) is 43.9 Å². The molecule has 1 fully saturated rings. The van der Waals surface area contributed by atoms with Gasteiger partial charge >= 0.3 is 5.97 Å². The zero-order valence-corrected chi connectivity index (χ0v) is 10.2. The summed E-state index contributed by atoms with van der Waals surface area (Å²) in [6, 6.07) is -0.542. The minimum atomic E-state index is -0.815. The zero-order chi connectivity index (χ0) is 12.5. The first-order valence-electron chi connectivity index (χ1n) is 6.53. The number of ether oxygens (including phenoxy) is 1. The highest BCUT2D eigenvalue weighted by atomic mass is 16.5. The minimum Gasteiger partial charge on any atom is -0.480 e. The van der Waals surface area contributed by atoms with Crippen LogP contribution in [0.5, 0.6) is 0 Å². The Labute approximate surface area is 105 Å². The summed E-state index contributed by atoms with van der Waals surface area (Å²) in [7, 11) is 0. The summed E-state index contributed by atoms with van der Waals surface area (Å²) in [6.07, 6.45) is 5.38. The molecule has 0 aromatic carbocycles. The van der Waals surface area contributed by atoms with Gasteiger partial charge in [0.1, 0.15) is 5.82 Å².